The van der Waals surface area contributed by atoms with Crippen LogP contribution in [0, 0.1) is 0 Å². The van der Waals surface area contributed by atoms with E-state index < -0.39 is 17.5 Å². The lowest BCUT2D eigenvalue weighted by Gasteiger charge is -2.50. The van der Waals surface area contributed by atoms with Crippen LogP contribution >= 0.6 is 0 Å². The number of hydrogen-bond acceptors (Lipinski definition) is 5. The van der Waals surface area contributed by atoms with E-state index in [9.17, 15) is 14.4 Å². The predicted octanol–water partition coefficient (Wildman–Crippen LogP) is 0.781. The number of piperidine rings is 1. The third-order valence-electron chi connectivity index (χ3n) is 4.00. The molecule has 2 aliphatic heterocycles. The minimum Gasteiger partial charge on any atom is -0.465 e. The van der Waals surface area contributed by atoms with Crippen LogP contribution in [0.2, 0.25) is 0 Å². The smallest absolute Gasteiger partial charge is 0.326 e. The second-order valence-electron chi connectivity index (χ2n) is 7.45. The van der Waals surface area contributed by atoms with Crippen molar-refractivity contribution in [1.82, 2.24) is 15.5 Å². The number of nitrogens with one attached hydrogen (secondary N) is 2. The fraction of sp³-hybridized carbons (Fsp3) is 0.800. The van der Waals surface area contributed by atoms with Gasteiger partial charge >= 0.3 is 12.0 Å². The van der Waals surface area contributed by atoms with Crippen molar-refractivity contribution in [3.05, 3.63) is 0 Å². The van der Waals surface area contributed by atoms with Gasteiger partial charge in [0, 0.05) is 11.1 Å². The van der Waals surface area contributed by atoms with Crippen molar-refractivity contribution < 1.29 is 19.1 Å². The van der Waals surface area contributed by atoms with Crippen molar-refractivity contribution in [1.29, 1.82) is 0 Å². The Bertz CT molecular complexity index is 497. The normalized spacial score (nSPS) is 25.2. The van der Waals surface area contributed by atoms with Crippen LogP contribution in [0.4, 0.5) is 4.79 Å². The van der Waals surface area contributed by atoms with Crippen LogP contribution in [0.25, 0.3) is 0 Å². The number of esters is 1. The molecule has 2 heterocycles. The van der Waals surface area contributed by atoms with Crippen molar-refractivity contribution >= 4 is 17.9 Å². The van der Waals surface area contributed by atoms with Crippen LogP contribution in [0.15, 0.2) is 0 Å². The van der Waals surface area contributed by atoms with Gasteiger partial charge in [-0.25, -0.2) is 4.79 Å². The highest BCUT2D eigenvalue weighted by Crippen LogP contribution is 2.39. The molecule has 0 unspecified atom stereocenters. The van der Waals surface area contributed by atoms with Crippen molar-refractivity contribution in [3.8, 4) is 0 Å². The molecule has 0 radical (unpaired) electrons. The largest absolute Gasteiger partial charge is 0.465 e. The second-order valence-corrected chi connectivity index (χ2v) is 7.45. The Kier molecular flexibility index (Phi) is 3.97. The van der Waals surface area contributed by atoms with E-state index in [1.165, 1.54) is 0 Å². The van der Waals surface area contributed by atoms with Gasteiger partial charge in [-0.05, 0) is 47.5 Å². The van der Waals surface area contributed by atoms with Gasteiger partial charge in [-0.3, -0.25) is 14.5 Å². The fourth-order valence-electron chi connectivity index (χ4n) is 3.97. The van der Waals surface area contributed by atoms with Gasteiger partial charge in [0.1, 0.15) is 12.1 Å². The molecule has 0 aliphatic carbocycles. The highest BCUT2D eigenvalue weighted by Gasteiger charge is 2.58. The molecule has 2 saturated heterocycles. The number of urea groups is 1. The van der Waals surface area contributed by atoms with Gasteiger partial charge in [-0.2, -0.15) is 0 Å². The minimum atomic E-state index is -0.957. The molecular weight excluding hydrogens is 286 g/mol. The summed E-state index contributed by atoms with van der Waals surface area (Å²) < 4.78 is 4.83. The Hall–Kier alpha value is -1.63. The maximum atomic E-state index is 12.8. The summed E-state index contributed by atoms with van der Waals surface area (Å²) >= 11 is 0. The summed E-state index contributed by atoms with van der Waals surface area (Å²) in [5, 5.41) is 6.30. The summed E-state index contributed by atoms with van der Waals surface area (Å²) in [6.45, 7) is 9.58. The second kappa shape index (κ2) is 5.22. The van der Waals surface area contributed by atoms with Gasteiger partial charge in [0.05, 0.1) is 6.61 Å². The third-order valence-corrected chi connectivity index (χ3v) is 4.00. The van der Waals surface area contributed by atoms with E-state index in [1.807, 2.05) is 27.7 Å². The number of ether oxygens (including phenoxy) is 1. The lowest BCUT2D eigenvalue weighted by Crippen LogP contribution is -2.68. The van der Waals surface area contributed by atoms with Crippen LogP contribution in [0.5, 0.6) is 0 Å². The van der Waals surface area contributed by atoms with Crippen LogP contribution in [-0.4, -0.2) is 52.6 Å². The lowest BCUT2D eigenvalue weighted by atomic mass is 9.71. The summed E-state index contributed by atoms with van der Waals surface area (Å²) in [5.41, 5.74) is -1.56. The molecule has 0 aromatic carbocycles. The summed E-state index contributed by atoms with van der Waals surface area (Å²) in [4.78, 5) is 37.6. The molecule has 0 bridgehead atoms. The maximum Gasteiger partial charge on any atom is 0.326 e. The average molecular weight is 311 g/mol. The molecule has 0 aromatic heterocycles. The van der Waals surface area contributed by atoms with Crippen molar-refractivity contribution in [2.45, 2.75) is 64.1 Å². The topological polar surface area (TPSA) is 87.7 Å². The standard InChI is InChI=1S/C15H25N3O4/c1-6-22-10(19)7-18-11(20)15(16-12(18)21)8-13(2,3)17-14(4,5)9-15/h17H,6-9H2,1-5H3,(H,16,21). The van der Waals surface area contributed by atoms with Gasteiger partial charge < -0.3 is 15.4 Å². The summed E-state index contributed by atoms with van der Waals surface area (Å²) in [6, 6.07) is -0.522. The molecular formula is C15H25N3O4. The molecule has 1 spiro atoms. The Balaban J connectivity index is 2.24. The first-order chi connectivity index (χ1) is 10.0. The first-order valence-electron chi connectivity index (χ1n) is 7.59. The molecule has 0 aromatic rings. The monoisotopic (exact) mass is 311 g/mol. The zero-order chi connectivity index (χ0) is 16.8. The molecule has 0 atom stereocenters. The summed E-state index contributed by atoms with van der Waals surface area (Å²) in [7, 11) is 0. The molecule has 3 amide bonds. The first kappa shape index (κ1) is 16.7. The molecule has 2 fully saturated rings. The first-order valence-corrected chi connectivity index (χ1v) is 7.59. The Morgan fingerprint density at radius 1 is 1.18 bits per heavy atom. The van der Waals surface area contributed by atoms with Crippen LogP contribution in [0.3, 0.4) is 0 Å². The van der Waals surface area contributed by atoms with Crippen LogP contribution < -0.4 is 10.6 Å². The van der Waals surface area contributed by atoms with Gasteiger partial charge in [0.15, 0.2) is 0 Å². The highest BCUT2D eigenvalue weighted by atomic mass is 16.5. The lowest BCUT2D eigenvalue weighted by molar-refractivity contribution is -0.148. The third kappa shape index (κ3) is 3.09. The molecule has 22 heavy (non-hydrogen) atoms. The Morgan fingerprint density at radius 3 is 2.23 bits per heavy atom. The van der Waals surface area contributed by atoms with E-state index in [0.29, 0.717) is 12.8 Å². The molecule has 124 valence electrons. The number of hydrogen-bond donors (Lipinski definition) is 2. The van der Waals surface area contributed by atoms with Crippen molar-refractivity contribution in [2.75, 3.05) is 13.2 Å². The Labute approximate surface area is 130 Å². The van der Waals surface area contributed by atoms with Gasteiger partial charge in [0.2, 0.25) is 0 Å². The number of carbonyl (C=O) groups is 3. The number of carbonyl (C=O) groups excluding carboxylic acids is 3. The minimum absolute atomic E-state index is 0.220. The maximum absolute atomic E-state index is 12.8. The molecule has 2 rings (SSSR count). The van der Waals surface area contributed by atoms with Gasteiger partial charge in [-0.15, -0.1) is 0 Å². The summed E-state index contributed by atoms with van der Waals surface area (Å²) in [5.74, 6) is -0.913. The van der Waals surface area contributed by atoms with E-state index in [4.69, 9.17) is 4.74 Å². The van der Waals surface area contributed by atoms with Gasteiger partial charge in [0.25, 0.3) is 5.91 Å². The average Bonchev–Trinajstić information content (AvgIpc) is 2.49. The highest BCUT2D eigenvalue weighted by molar-refractivity contribution is 6.09. The van der Waals surface area contributed by atoms with E-state index in [2.05, 4.69) is 10.6 Å². The van der Waals surface area contributed by atoms with Crippen molar-refractivity contribution in [3.63, 3.8) is 0 Å². The predicted molar refractivity (Wildman–Crippen MR) is 80.1 cm³/mol. The Morgan fingerprint density at radius 2 is 1.73 bits per heavy atom. The quantitative estimate of drug-likeness (QED) is 0.594. The zero-order valence-corrected chi connectivity index (χ0v) is 13.9. The van der Waals surface area contributed by atoms with Crippen LogP contribution in [-0.2, 0) is 14.3 Å². The number of rotatable bonds is 3. The SMILES string of the molecule is CCOC(=O)CN1C(=O)NC2(CC(C)(C)NC(C)(C)C2)C1=O. The molecule has 7 nitrogen and oxygen atoms in total. The van der Waals surface area contributed by atoms with Gasteiger partial charge in [-0.1, -0.05) is 0 Å². The summed E-state index contributed by atoms with van der Waals surface area (Å²) in [6.07, 6.45) is 0.959. The van der Waals surface area contributed by atoms with E-state index in [-0.39, 0.29) is 30.1 Å². The zero-order valence-electron chi connectivity index (χ0n) is 13.9. The fourth-order valence-corrected chi connectivity index (χ4v) is 3.97. The van der Waals surface area contributed by atoms with E-state index in [1.54, 1.807) is 6.92 Å². The van der Waals surface area contributed by atoms with E-state index >= 15 is 0 Å². The number of imide groups is 1. The van der Waals surface area contributed by atoms with Crippen LogP contribution in [0.1, 0.15) is 47.5 Å². The molecule has 2 aliphatic rings. The number of nitrogens with zero attached hydrogens (tertiary/aromatic N) is 1. The number of amides is 3. The van der Waals surface area contributed by atoms with E-state index in [0.717, 1.165) is 4.90 Å². The molecule has 7 heteroatoms. The van der Waals surface area contributed by atoms with Crippen molar-refractivity contribution in [2.24, 2.45) is 0 Å². The molecule has 2 N–H and O–H groups in total. The molecule has 0 saturated carbocycles.